The van der Waals surface area contributed by atoms with E-state index in [2.05, 4.69) is 9.82 Å². The van der Waals surface area contributed by atoms with Crippen LogP contribution in [0.5, 0.6) is 11.5 Å². The summed E-state index contributed by atoms with van der Waals surface area (Å²) in [4.78, 5) is 0.0632. The number of rotatable bonds is 7. The molecule has 0 saturated carbocycles. The van der Waals surface area contributed by atoms with E-state index >= 15 is 0 Å². The fraction of sp³-hybridized carbons (Fsp3) is 0.211. The lowest BCUT2D eigenvalue weighted by Crippen LogP contribution is -2.14. The van der Waals surface area contributed by atoms with Crippen molar-refractivity contribution in [2.24, 2.45) is 0 Å². The van der Waals surface area contributed by atoms with Crippen LogP contribution in [0, 0.1) is 6.92 Å². The smallest absolute Gasteiger partial charge is 0.263 e. The van der Waals surface area contributed by atoms with Gasteiger partial charge in [-0.2, -0.15) is 5.10 Å². The number of benzene rings is 2. The maximum absolute atomic E-state index is 12.6. The molecule has 0 unspecified atom stereocenters. The van der Waals surface area contributed by atoms with Crippen LogP contribution in [0.1, 0.15) is 11.1 Å². The molecule has 0 fully saturated rings. The summed E-state index contributed by atoms with van der Waals surface area (Å²) in [6, 6.07) is 14.1. The number of hydrogen-bond donors (Lipinski definition) is 1. The lowest BCUT2D eigenvalue weighted by Gasteiger charge is -2.10. The zero-order valence-corrected chi connectivity index (χ0v) is 16.2. The molecule has 0 atom stereocenters. The minimum absolute atomic E-state index is 0.0632. The van der Waals surface area contributed by atoms with Gasteiger partial charge in [-0.3, -0.25) is 9.40 Å². The molecule has 1 N–H and O–H groups in total. The first-order valence-electron chi connectivity index (χ1n) is 8.25. The van der Waals surface area contributed by atoms with Crippen LogP contribution in [0.3, 0.4) is 0 Å². The molecule has 8 heteroatoms. The van der Waals surface area contributed by atoms with Crippen molar-refractivity contribution in [2.45, 2.75) is 18.4 Å². The molecule has 3 rings (SSSR count). The Bertz CT molecular complexity index is 1030. The van der Waals surface area contributed by atoms with Crippen molar-refractivity contribution in [1.82, 2.24) is 9.78 Å². The van der Waals surface area contributed by atoms with E-state index in [1.807, 2.05) is 31.2 Å². The standard InChI is InChI=1S/C19H21N3O4S/c1-14-4-6-15(7-5-14)13-22-11-10-19(20-22)21-27(23,24)16-8-9-17(25-2)18(12-16)26-3/h4-12H,13H2,1-3H3,(H,20,21). The van der Waals surface area contributed by atoms with Gasteiger partial charge in [-0.25, -0.2) is 8.42 Å². The van der Waals surface area contributed by atoms with E-state index < -0.39 is 10.0 Å². The van der Waals surface area contributed by atoms with Crippen LogP contribution in [0.15, 0.2) is 59.6 Å². The molecule has 0 aliphatic carbocycles. The number of anilines is 1. The Hall–Kier alpha value is -3.00. The monoisotopic (exact) mass is 387 g/mol. The molecule has 0 aliphatic heterocycles. The van der Waals surface area contributed by atoms with E-state index in [-0.39, 0.29) is 10.7 Å². The van der Waals surface area contributed by atoms with Gasteiger partial charge in [0.1, 0.15) is 0 Å². The van der Waals surface area contributed by atoms with Crippen LogP contribution in [-0.4, -0.2) is 32.4 Å². The molecule has 1 aromatic heterocycles. The highest BCUT2D eigenvalue weighted by molar-refractivity contribution is 7.92. The van der Waals surface area contributed by atoms with Gasteiger partial charge in [-0.05, 0) is 24.6 Å². The molecule has 142 valence electrons. The topological polar surface area (TPSA) is 82.5 Å². The minimum atomic E-state index is -3.80. The van der Waals surface area contributed by atoms with Crippen molar-refractivity contribution in [2.75, 3.05) is 18.9 Å². The number of nitrogens with one attached hydrogen (secondary N) is 1. The highest BCUT2D eigenvalue weighted by Gasteiger charge is 2.18. The molecule has 3 aromatic rings. The molecule has 0 saturated heterocycles. The average Bonchev–Trinajstić information content (AvgIpc) is 3.09. The predicted octanol–water partition coefficient (Wildman–Crippen LogP) is 3.06. The van der Waals surface area contributed by atoms with Gasteiger partial charge in [-0.1, -0.05) is 29.8 Å². The molecule has 0 spiro atoms. The number of aryl methyl sites for hydroxylation is 1. The molecule has 0 amide bonds. The maximum Gasteiger partial charge on any atom is 0.263 e. The van der Waals surface area contributed by atoms with Gasteiger partial charge >= 0.3 is 0 Å². The second kappa shape index (κ2) is 7.71. The van der Waals surface area contributed by atoms with Crippen molar-refractivity contribution in [1.29, 1.82) is 0 Å². The fourth-order valence-electron chi connectivity index (χ4n) is 2.57. The van der Waals surface area contributed by atoms with E-state index in [1.54, 1.807) is 23.0 Å². The van der Waals surface area contributed by atoms with E-state index in [0.29, 0.717) is 18.0 Å². The van der Waals surface area contributed by atoms with Gasteiger partial charge in [0.05, 0.1) is 25.7 Å². The van der Waals surface area contributed by atoms with Gasteiger partial charge in [0, 0.05) is 18.3 Å². The molecule has 27 heavy (non-hydrogen) atoms. The highest BCUT2D eigenvalue weighted by atomic mass is 32.2. The molecule has 7 nitrogen and oxygen atoms in total. The molecule has 1 heterocycles. The second-order valence-electron chi connectivity index (χ2n) is 6.01. The van der Waals surface area contributed by atoms with Gasteiger partial charge in [0.2, 0.25) is 0 Å². The molecule has 2 aromatic carbocycles. The van der Waals surface area contributed by atoms with Crippen molar-refractivity contribution in [3.8, 4) is 11.5 Å². The summed E-state index contributed by atoms with van der Waals surface area (Å²) in [7, 11) is -0.854. The third-order valence-corrected chi connectivity index (χ3v) is 5.36. The number of sulfonamides is 1. The Kier molecular flexibility index (Phi) is 5.36. The van der Waals surface area contributed by atoms with Gasteiger partial charge in [0.25, 0.3) is 10.0 Å². The van der Waals surface area contributed by atoms with Crippen LogP contribution >= 0.6 is 0 Å². The highest BCUT2D eigenvalue weighted by Crippen LogP contribution is 2.30. The lowest BCUT2D eigenvalue weighted by molar-refractivity contribution is 0.354. The van der Waals surface area contributed by atoms with Crippen LogP contribution in [-0.2, 0) is 16.6 Å². The number of nitrogens with zero attached hydrogens (tertiary/aromatic N) is 2. The quantitative estimate of drug-likeness (QED) is 0.674. The maximum atomic E-state index is 12.6. The number of aromatic nitrogens is 2. The Morgan fingerprint density at radius 3 is 2.37 bits per heavy atom. The van der Waals surface area contributed by atoms with Crippen molar-refractivity contribution in [3.05, 3.63) is 65.9 Å². The molecular weight excluding hydrogens is 366 g/mol. The Morgan fingerprint density at radius 2 is 1.70 bits per heavy atom. The zero-order chi connectivity index (χ0) is 19.4. The third kappa shape index (κ3) is 4.40. The number of methoxy groups -OCH3 is 2. The van der Waals surface area contributed by atoms with Crippen molar-refractivity contribution >= 4 is 15.8 Å². The first kappa shape index (κ1) is 18.8. The van der Waals surface area contributed by atoms with Crippen LogP contribution < -0.4 is 14.2 Å². The SMILES string of the molecule is COc1ccc(S(=O)(=O)Nc2ccn(Cc3ccc(C)cc3)n2)cc1OC. The zero-order valence-electron chi connectivity index (χ0n) is 15.3. The lowest BCUT2D eigenvalue weighted by atomic mass is 10.1. The Morgan fingerprint density at radius 1 is 1.00 bits per heavy atom. The summed E-state index contributed by atoms with van der Waals surface area (Å²) >= 11 is 0. The molecule has 0 bridgehead atoms. The number of hydrogen-bond acceptors (Lipinski definition) is 5. The van der Waals surface area contributed by atoms with E-state index in [1.165, 1.54) is 31.9 Å². The van der Waals surface area contributed by atoms with Gasteiger partial charge in [0.15, 0.2) is 17.3 Å². The number of ether oxygens (including phenoxy) is 2. The van der Waals surface area contributed by atoms with Gasteiger partial charge < -0.3 is 9.47 Å². The van der Waals surface area contributed by atoms with E-state index in [0.717, 1.165) is 5.56 Å². The summed E-state index contributed by atoms with van der Waals surface area (Å²) < 4.78 is 39.7. The van der Waals surface area contributed by atoms with Crippen LogP contribution in [0.25, 0.3) is 0 Å². The van der Waals surface area contributed by atoms with Crippen LogP contribution in [0.4, 0.5) is 5.82 Å². The van der Waals surface area contributed by atoms with Crippen LogP contribution in [0.2, 0.25) is 0 Å². The summed E-state index contributed by atoms with van der Waals surface area (Å²) in [5.74, 6) is 1.04. The second-order valence-corrected chi connectivity index (χ2v) is 7.69. The van der Waals surface area contributed by atoms with Crippen molar-refractivity contribution in [3.63, 3.8) is 0 Å². The summed E-state index contributed by atoms with van der Waals surface area (Å²) in [5, 5.41) is 4.29. The Balaban J connectivity index is 1.76. The van der Waals surface area contributed by atoms with E-state index in [9.17, 15) is 8.42 Å². The van der Waals surface area contributed by atoms with Crippen molar-refractivity contribution < 1.29 is 17.9 Å². The van der Waals surface area contributed by atoms with E-state index in [4.69, 9.17) is 9.47 Å². The predicted molar refractivity (Wildman–Crippen MR) is 103 cm³/mol. The summed E-state index contributed by atoms with van der Waals surface area (Å²) in [6.45, 7) is 2.58. The first-order valence-corrected chi connectivity index (χ1v) is 9.73. The molecule has 0 aliphatic rings. The van der Waals surface area contributed by atoms with Gasteiger partial charge in [-0.15, -0.1) is 0 Å². The largest absolute Gasteiger partial charge is 0.493 e. The average molecular weight is 387 g/mol. The summed E-state index contributed by atoms with van der Waals surface area (Å²) in [5.41, 5.74) is 2.26. The Labute approximate surface area is 158 Å². The normalized spacial score (nSPS) is 11.2. The first-order chi connectivity index (χ1) is 12.9. The third-order valence-electron chi connectivity index (χ3n) is 4.01. The molecule has 0 radical (unpaired) electrons. The minimum Gasteiger partial charge on any atom is -0.493 e. The fourth-order valence-corrected chi connectivity index (χ4v) is 3.58. The molecular formula is C19H21N3O4S. The summed E-state index contributed by atoms with van der Waals surface area (Å²) in [6.07, 6.45) is 1.73.